The molecule has 0 aliphatic carbocycles. The van der Waals surface area contributed by atoms with Crippen LogP contribution in [0.25, 0.3) is 0 Å². The molecule has 0 fully saturated rings. The molecule has 112 valence electrons. The Morgan fingerprint density at radius 1 is 1.19 bits per heavy atom. The van der Waals surface area contributed by atoms with Gasteiger partial charge in [0, 0.05) is 4.47 Å². The van der Waals surface area contributed by atoms with Crippen molar-refractivity contribution in [3.63, 3.8) is 0 Å². The minimum atomic E-state index is -3.79. The van der Waals surface area contributed by atoms with E-state index in [-0.39, 0.29) is 10.6 Å². The Morgan fingerprint density at radius 2 is 1.90 bits per heavy atom. The monoisotopic (exact) mass is 389 g/mol. The Balaban J connectivity index is 2.45. The van der Waals surface area contributed by atoms with Gasteiger partial charge in [-0.2, -0.15) is 0 Å². The van der Waals surface area contributed by atoms with E-state index in [9.17, 15) is 8.42 Å². The summed E-state index contributed by atoms with van der Waals surface area (Å²) in [6, 6.07) is 9.86. The molecule has 0 spiro atoms. The van der Waals surface area contributed by atoms with Crippen LogP contribution in [-0.2, 0) is 10.0 Å². The molecule has 0 amide bonds. The number of halogens is 2. The molecular formula is C14H13BrClNO3S. The fourth-order valence-electron chi connectivity index (χ4n) is 1.77. The van der Waals surface area contributed by atoms with Crippen molar-refractivity contribution in [1.82, 2.24) is 0 Å². The normalized spacial score (nSPS) is 11.2. The second-order valence-corrected chi connectivity index (χ2v) is 7.36. The zero-order chi connectivity index (χ0) is 15.6. The van der Waals surface area contributed by atoms with Crippen LogP contribution in [0.2, 0.25) is 5.02 Å². The van der Waals surface area contributed by atoms with Gasteiger partial charge in [0.1, 0.15) is 10.6 Å². The minimum absolute atomic E-state index is 0.0731. The Morgan fingerprint density at radius 3 is 2.52 bits per heavy atom. The molecule has 0 bridgehead atoms. The zero-order valence-corrected chi connectivity index (χ0v) is 14.5. The summed E-state index contributed by atoms with van der Waals surface area (Å²) in [6.07, 6.45) is 0. The van der Waals surface area contributed by atoms with Crippen LogP contribution in [-0.4, -0.2) is 15.5 Å². The molecule has 0 aliphatic heterocycles. The van der Waals surface area contributed by atoms with Crippen LogP contribution in [0.3, 0.4) is 0 Å². The van der Waals surface area contributed by atoms with Gasteiger partial charge < -0.3 is 4.74 Å². The van der Waals surface area contributed by atoms with E-state index in [4.69, 9.17) is 16.3 Å². The van der Waals surface area contributed by atoms with Crippen LogP contribution in [0.5, 0.6) is 5.75 Å². The van der Waals surface area contributed by atoms with Crippen molar-refractivity contribution in [3.05, 3.63) is 51.5 Å². The molecule has 2 rings (SSSR count). The van der Waals surface area contributed by atoms with Crippen molar-refractivity contribution in [1.29, 1.82) is 0 Å². The molecule has 0 saturated carbocycles. The molecule has 0 aromatic heterocycles. The van der Waals surface area contributed by atoms with Crippen molar-refractivity contribution in [3.8, 4) is 5.75 Å². The Kier molecular flexibility index (Phi) is 4.81. The predicted molar refractivity (Wildman–Crippen MR) is 87.7 cm³/mol. The van der Waals surface area contributed by atoms with Gasteiger partial charge in [-0.1, -0.05) is 33.6 Å². The van der Waals surface area contributed by atoms with E-state index in [1.54, 1.807) is 36.4 Å². The van der Waals surface area contributed by atoms with Crippen molar-refractivity contribution >= 4 is 43.2 Å². The van der Waals surface area contributed by atoms with Gasteiger partial charge >= 0.3 is 0 Å². The molecule has 0 atom stereocenters. The van der Waals surface area contributed by atoms with Crippen LogP contribution in [0, 0.1) is 6.92 Å². The lowest BCUT2D eigenvalue weighted by Crippen LogP contribution is -2.14. The van der Waals surface area contributed by atoms with Gasteiger partial charge in [-0.05, 0) is 42.8 Å². The number of sulfonamides is 1. The Hall–Kier alpha value is -1.24. The lowest BCUT2D eigenvalue weighted by atomic mass is 10.2. The first-order valence-electron chi connectivity index (χ1n) is 5.96. The third-order valence-corrected chi connectivity index (χ3v) is 4.98. The van der Waals surface area contributed by atoms with Gasteiger partial charge in [-0.3, -0.25) is 4.72 Å². The van der Waals surface area contributed by atoms with E-state index in [1.165, 1.54) is 7.11 Å². The molecule has 2 aromatic rings. The van der Waals surface area contributed by atoms with Gasteiger partial charge in [-0.15, -0.1) is 0 Å². The first-order valence-corrected chi connectivity index (χ1v) is 8.61. The van der Waals surface area contributed by atoms with E-state index >= 15 is 0 Å². The van der Waals surface area contributed by atoms with Crippen LogP contribution >= 0.6 is 27.5 Å². The van der Waals surface area contributed by atoms with Gasteiger partial charge in [0.15, 0.2) is 0 Å². The zero-order valence-electron chi connectivity index (χ0n) is 11.4. The molecule has 0 radical (unpaired) electrons. The first-order chi connectivity index (χ1) is 9.83. The summed E-state index contributed by atoms with van der Waals surface area (Å²) in [5.74, 6) is 0.279. The summed E-state index contributed by atoms with van der Waals surface area (Å²) in [5, 5.41) is 0.305. The number of methoxy groups -OCH3 is 1. The lowest BCUT2D eigenvalue weighted by Gasteiger charge is -2.13. The summed E-state index contributed by atoms with van der Waals surface area (Å²) in [5.41, 5.74) is 1.13. The molecule has 1 N–H and O–H groups in total. The number of anilines is 1. The number of rotatable bonds is 4. The van der Waals surface area contributed by atoms with E-state index in [2.05, 4.69) is 20.7 Å². The van der Waals surface area contributed by atoms with Gasteiger partial charge in [0.2, 0.25) is 0 Å². The first kappa shape index (κ1) is 16.1. The maximum atomic E-state index is 12.5. The molecule has 0 heterocycles. The van der Waals surface area contributed by atoms with Crippen molar-refractivity contribution < 1.29 is 13.2 Å². The maximum Gasteiger partial charge on any atom is 0.265 e. The van der Waals surface area contributed by atoms with Gasteiger partial charge in [0.25, 0.3) is 10.0 Å². The number of hydrogen-bond donors (Lipinski definition) is 1. The van der Waals surface area contributed by atoms with E-state index in [0.717, 1.165) is 10.0 Å². The molecule has 4 nitrogen and oxygen atoms in total. The quantitative estimate of drug-likeness (QED) is 0.850. The highest BCUT2D eigenvalue weighted by Gasteiger charge is 2.20. The SMILES string of the molecule is COc1ccc(C)cc1S(=O)(=O)Nc1ccc(Br)cc1Cl. The summed E-state index contributed by atoms with van der Waals surface area (Å²) in [4.78, 5) is 0.0731. The molecule has 2 aromatic carbocycles. The highest BCUT2D eigenvalue weighted by atomic mass is 79.9. The molecule has 21 heavy (non-hydrogen) atoms. The second-order valence-electron chi connectivity index (χ2n) is 4.38. The van der Waals surface area contributed by atoms with E-state index < -0.39 is 10.0 Å². The molecule has 7 heteroatoms. The number of benzene rings is 2. The largest absolute Gasteiger partial charge is 0.495 e. The number of ether oxygens (including phenoxy) is 1. The summed E-state index contributed by atoms with van der Waals surface area (Å²) in [6.45, 7) is 1.81. The summed E-state index contributed by atoms with van der Waals surface area (Å²) >= 11 is 9.31. The molecular weight excluding hydrogens is 378 g/mol. The maximum absolute atomic E-state index is 12.5. The summed E-state index contributed by atoms with van der Waals surface area (Å²) < 4.78 is 33.4. The third kappa shape index (κ3) is 3.70. The smallest absolute Gasteiger partial charge is 0.265 e. The van der Waals surface area contributed by atoms with Crippen molar-refractivity contribution in [2.75, 3.05) is 11.8 Å². The van der Waals surface area contributed by atoms with Gasteiger partial charge in [-0.25, -0.2) is 8.42 Å². The highest BCUT2D eigenvalue weighted by molar-refractivity contribution is 9.10. The average molecular weight is 391 g/mol. The second kappa shape index (κ2) is 6.25. The lowest BCUT2D eigenvalue weighted by molar-refractivity contribution is 0.402. The fourth-order valence-corrected chi connectivity index (χ4v) is 3.88. The van der Waals surface area contributed by atoms with Crippen LogP contribution in [0.4, 0.5) is 5.69 Å². The Labute approximate surface area is 137 Å². The van der Waals surface area contributed by atoms with Crippen molar-refractivity contribution in [2.24, 2.45) is 0 Å². The summed E-state index contributed by atoms with van der Waals surface area (Å²) in [7, 11) is -2.36. The molecule has 0 saturated heterocycles. The highest BCUT2D eigenvalue weighted by Crippen LogP contribution is 2.30. The Bertz CT molecular complexity index is 778. The standard InChI is InChI=1S/C14H13BrClNO3S/c1-9-3-6-13(20-2)14(7-9)21(18,19)17-12-5-4-10(15)8-11(12)16/h3-8,17H,1-2H3. The van der Waals surface area contributed by atoms with Crippen LogP contribution in [0.15, 0.2) is 45.8 Å². The van der Waals surface area contributed by atoms with E-state index in [0.29, 0.717) is 10.7 Å². The fraction of sp³-hybridized carbons (Fsp3) is 0.143. The van der Waals surface area contributed by atoms with Gasteiger partial charge in [0.05, 0.1) is 17.8 Å². The predicted octanol–water partition coefficient (Wildman–Crippen LogP) is 4.22. The van der Waals surface area contributed by atoms with Crippen LogP contribution < -0.4 is 9.46 Å². The number of hydrogen-bond acceptors (Lipinski definition) is 3. The molecule has 0 aliphatic rings. The average Bonchev–Trinajstić information content (AvgIpc) is 2.42. The van der Waals surface area contributed by atoms with E-state index in [1.807, 2.05) is 6.92 Å². The number of nitrogens with one attached hydrogen (secondary N) is 1. The third-order valence-electron chi connectivity index (χ3n) is 2.78. The van der Waals surface area contributed by atoms with Crippen molar-refractivity contribution in [2.45, 2.75) is 11.8 Å². The molecule has 0 unspecified atom stereocenters. The van der Waals surface area contributed by atoms with Crippen LogP contribution in [0.1, 0.15) is 5.56 Å². The minimum Gasteiger partial charge on any atom is -0.495 e. The topological polar surface area (TPSA) is 55.4 Å². The number of aryl methyl sites for hydroxylation is 1.